The number of rotatable bonds is 6. The van der Waals surface area contributed by atoms with E-state index in [9.17, 15) is 4.79 Å². The molecule has 6 rings (SSSR count). The molecule has 2 saturated carbocycles. The van der Waals surface area contributed by atoms with E-state index in [0.29, 0.717) is 22.3 Å². The molecule has 2 aliphatic rings. The SMILES string of the molecule is COC1(c2nc3nc(-c4noc(=O)[nH]4)nc(-c4cncc(Cl)c4)c3n2C[C@H]2CC[C@H](C)CC2)CCCCC1. The summed E-state index contributed by atoms with van der Waals surface area (Å²) < 4.78 is 13.3. The first-order valence-electron chi connectivity index (χ1n) is 13.5. The Hall–Kier alpha value is -3.11. The van der Waals surface area contributed by atoms with E-state index in [0.717, 1.165) is 55.1 Å². The Kier molecular flexibility index (Phi) is 6.77. The molecule has 0 atom stereocenters. The van der Waals surface area contributed by atoms with Crippen LogP contribution in [-0.2, 0) is 16.9 Å². The van der Waals surface area contributed by atoms with E-state index in [1.165, 1.54) is 32.1 Å². The van der Waals surface area contributed by atoms with Crippen LogP contribution >= 0.6 is 11.6 Å². The van der Waals surface area contributed by atoms with Gasteiger partial charge in [0.2, 0.25) is 11.6 Å². The quantitative estimate of drug-likeness (QED) is 0.341. The van der Waals surface area contributed by atoms with Gasteiger partial charge in [0.05, 0.1) is 5.02 Å². The number of hydrogen-bond acceptors (Lipinski definition) is 8. The van der Waals surface area contributed by atoms with Crippen molar-refractivity contribution in [3.8, 4) is 22.9 Å². The van der Waals surface area contributed by atoms with Gasteiger partial charge < -0.3 is 9.30 Å². The van der Waals surface area contributed by atoms with Crippen LogP contribution in [0.1, 0.15) is 70.5 Å². The number of hydrogen-bond donors (Lipinski definition) is 1. The third-order valence-electron chi connectivity index (χ3n) is 8.27. The fourth-order valence-electron chi connectivity index (χ4n) is 6.15. The zero-order valence-electron chi connectivity index (χ0n) is 21.7. The molecule has 0 spiro atoms. The van der Waals surface area contributed by atoms with E-state index in [4.69, 9.17) is 35.8 Å². The van der Waals surface area contributed by atoms with Crippen LogP contribution in [0.4, 0.5) is 0 Å². The standard InChI is InChI=1S/C27H32ClN7O3/c1-16-6-8-17(9-7-16)15-35-21-20(18-12-19(28)14-29-13-18)30-23(24-33-26(36)38-34-24)31-22(21)32-25(35)27(37-2)10-4-3-5-11-27/h12-14,16-17H,3-11,15H2,1-2H3,(H,33,34,36)/t16-,17-. The zero-order valence-corrected chi connectivity index (χ0v) is 22.5. The van der Waals surface area contributed by atoms with Gasteiger partial charge in [-0.3, -0.25) is 14.5 Å². The highest BCUT2D eigenvalue weighted by molar-refractivity contribution is 6.30. The fourth-order valence-corrected chi connectivity index (χ4v) is 6.32. The minimum atomic E-state index is -0.673. The van der Waals surface area contributed by atoms with Gasteiger partial charge in [-0.2, -0.15) is 0 Å². The van der Waals surface area contributed by atoms with Crippen LogP contribution in [0.25, 0.3) is 34.1 Å². The maximum atomic E-state index is 11.7. The van der Waals surface area contributed by atoms with Crippen molar-refractivity contribution in [1.29, 1.82) is 0 Å². The summed E-state index contributed by atoms with van der Waals surface area (Å²) in [6.07, 6.45) is 13.3. The summed E-state index contributed by atoms with van der Waals surface area (Å²) in [5, 5.41) is 4.32. The number of ether oxygens (including phenoxy) is 1. The molecule has 0 bridgehead atoms. The summed E-state index contributed by atoms with van der Waals surface area (Å²) in [7, 11) is 1.79. The summed E-state index contributed by atoms with van der Waals surface area (Å²) in [5.41, 5.74) is 2.22. The number of fused-ring (bicyclic) bond motifs is 1. The van der Waals surface area contributed by atoms with Crippen LogP contribution in [0.15, 0.2) is 27.8 Å². The summed E-state index contributed by atoms with van der Waals surface area (Å²) in [6, 6.07) is 1.83. The Balaban J connectivity index is 1.61. The van der Waals surface area contributed by atoms with Gasteiger partial charge in [0.1, 0.15) is 22.6 Å². The van der Waals surface area contributed by atoms with Crippen LogP contribution < -0.4 is 5.76 Å². The van der Waals surface area contributed by atoms with E-state index in [2.05, 4.69) is 26.6 Å². The third kappa shape index (κ3) is 4.64. The smallest absolute Gasteiger partial charge is 0.370 e. The number of pyridine rings is 1. The average Bonchev–Trinajstić information content (AvgIpc) is 3.54. The van der Waals surface area contributed by atoms with Crippen molar-refractivity contribution in [3.05, 3.63) is 39.9 Å². The number of aromatic amines is 1. The first-order chi connectivity index (χ1) is 18.5. The van der Waals surface area contributed by atoms with Crippen molar-refractivity contribution in [2.75, 3.05) is 7.11 Å². The predicted molar refractivity (Wildman–Crippen MR) is 143 cm³/mol. The van der Waals surface area contributed by atoms with E-state index in [1.54, 1.807) is 19.5 Å². The molecular formula is C27H32ClN7O3. The summed E-state index contributed by atoms with van der Waals surface area (Å²) in [6.45, 7) is 3.15. The van der Waals surface area contributed by atoms with Gasteiger partial charge >= 0.3 is 5.76 Å². The molecule has 0 saturated heterocycles. The molecule has 4 heterocycles. The van der Waals surface area contributed by atoms with Crippen LogP contribution in [0.3, 0.4) is 0 Å². The Bertz CT molecular complexity index is 1500. The van der Waals surface area contributed by atoms with Gasteiger partial charge in [-0.25, -0.2) is 19.7 Å². The molecule has 0 aromatic carbocycles. The lowest BCUT2D eigenvalue weighted by molar-refractivity contribution is -0.0541. The second-order valence-electron chi connectivity index (χ2n) is 10.8. The van der Waals surface area contributed by atoms with Gasteiger partial charge in [-0.1, -0.05) is 55.8 Å². The molecule has 1 N–H and O–H groups in total. The van der Waals surface area contributed by atoms with Crippen molar-refractivity contribution in [2.45, 2.75) is 76.9 Å². The Morgan fingerprint density at radius 2 is 1.92 bits per heavy atom. The highest BCUT2D eigenvalue weighted by Gasteiger charge is 2.40. The Morgan fingerprint density at radius 1 is 1.13 bits per heavy atom. The summed E-state index contributed by atoms with van der Waals surface area (Å²) >= 11 is 6.36. The molecule has 0 amide bonds. The third-order valence-corrected chi connectivity index (χ3v) is 8.48. The lowest BCUT2D eigenvalue weighted by Gasteiger charge is -2.36. The normalized spacial score (nSPS) is 21.7. The molecule has 0 unspecified atom stereocenters. The molecule has 10 nitrogen and oxygen atoms in total. The van der Waals surface area contributed by atoms with Gasteiger partial charge in [-0.05, 0) is 43.6 Å². The molecule has 38 heavy (non-hydrogen) atoms. The molecule has 2 fully saturated rings. The van der Waals surface area contributed by atoms with Gasteiger partial charge in [0.15, 0.2) is 5.65 Å². The van der Waals surface area contributed by atoms with Crippen LogP contribution in [0.2, 0.25) is 5.02 Å². The first kappa shape index (κ1) is 25.2. The average molecular weight is 538 g/mol. The monoisotopic (exact) mass is 537 g/mol. The maximum absolute atomic E-state index is 11.7. The largest absolute Gasteiger partial charge is 0.439 e. The number of nitrogens with zero attached hydrogens (tertiary/aromatic N) is 6. The second kappa shape index (κ2) is 10.2. The van der Waals surface area contributed by atoms with E-state index < -0.39 is 11.4 Å². The van der Waals surface area contributed by atoms with Crippen molar-refractivity contribution >= 4 is 22.8 Å². The lowest BCUT2D eigenvalue weighted by atomic mass is 9.82. The molecular weight excluding hydrogens is 506 g/mol. The van der Waals surface area contributed by atoms with Crippen molar-refractivity contribution in [3.63, 3.8) is 0 Å². The number of imidazole rings is 1. The molecule has 11 heteroatoms. The van der Waals surface area contributed by atoms with E-state index >= 15 is 0 Å². The van der Waals surface area contributed by atoms with Crippen LogP contribution in [0, 0.1) is 11.8 Å². The van der Waals surface area contributed by atoms with Crippen molar-refractivity contribution in [2.24, 2.45) is 11.8 Å². The van der Waals surface area contributed by atoms with Crippen LogP contribution in [-0.4, -0.2) is 41.8 Å². The number of halogens is 1. The second-order valence-corrected chi connectivity index (χ2v) is 11.3. The molecule has 200 valence electrons. The van der Waals surface area contributed by atoms with Gasteiger partial charge in [0, 0.05) is 31.6 Å². The highest BCUT2D eigenvalue weighted by atomic mass is 35.5. The lowest BCUT2D eigenvalue weighted by Crippen LogP contribution is -2.35. The minimum Gasteiger partial charge on any atom is -0.370 e. The van der Waals surface area contributed by atoms with Crippen molar-refractivity contribution < 1.29 is 9.26 Å². The maximum Gasteiger partial charge on any atom is 0.439 e. The van der Waals surface area contributed by atoms with Crippen LogP contribution in [0.5, 0.6) is 0 Å². The predicted octanol–water partition coefficient (Wildman–Crippen LogP) is 5.52. The summed E-state index contributed by atoms with van der Waals surface area (Å²) in [4.78, 5) is 33.4. The van der Waals surface area contributed by atoms with Gasteiger partial charge in [-0.15, -0.1) is 0 Å². The first-order valence-corrected chi connectivity index (χ1v) is 13.8. The number of aromatic nitrogens is 7. The molecule has 0 aliphatic heterocycles. The topological polar surface area (TPSA) is 125 Å². The van der Waals surface area contributed by atoms with Crippen molar-refractivity contribution in [1.82, 2.24) is 34.6 Å². The minimum absolute atomic E-state index is 0.143. The number of H-pyrrole nitrogens is 1. The molecule has 4 aromatic heterocycles. The Morgan fingerprint density at radius 3 is 2.61 bits per heavy atom. The van der Waals surface area contributed by atoms with E-state index in [-0.39, 0.29) is 11.6 Å². The zero-order chi connectivity index (χ0) is 26.3. The summed E-state index contributed by atoms with van der Waals surface area (Å²) in [5.74, 6) is 1.87. The Labute approximate surface area is 225 Å². The fraction of sp³-hybridized carbons (Fsp3) is 0.556. The number of nitrogens with one attached hydrogen (secondary N) is 1. The van der Waals surface area contributed by atoms with Gasteiger partial charge in [0.25, 0.3) is 0 Å². The molecule has 4 aromatic rings. The van der Waals surface area contributed by atoms with E-state index in [1.807, 2.05) is 6.07 Å². The highest BCUT2D eigenvalue weighted by Crippen LogP contribution is 2.43. The molecule has 0 radical (unpaired) electrons. The number of methoxy groups -OCH3 is 1. The molecule has 2 aliphatic carbocycles.